The molecule has 94 valence electrons. The Morgan fingerprint density at radius 3 is 2.94 bits per heavy atom. The first kappa shape index (κ1) is 13.0. The Kier molecular flexibility index (Phi) is 3.64. The van der Waals surface area contributed by atoms with Crippen LogP contribution in [0.1, 0.15) is 5.69 Å². The van der Waals surface area contributed by atoms with Crippen LogP contribution < -0.4 is 5.73 Å². The number of anilines is 1. The fourth-order valence-electron chi connectivity index (χ4n) is 1.27. The molecule has 1 amide bonds. The number of aromatic nitrogens is 1. The third-order valence-corrected chi connectivity index (χ3v) is 4.06. The van der Waals surface area contributed by atoms with E-state index < -0.39 is 18.4 Å². The summed E-state index contributed by atoms with van der Waals surface area (Å²) in [6, 6.07) is 0. The van der Waals surface area contributed by atoms with Crippen LogP contribution in [0.5, 0.6) is 0 Å². The minimum absolute atomic E-state index is 0.233. The number of carboxylic acids is 1. The number of nitrogens with zero attached hydrogens (tertiary/aromatic N) is 2. The number of nitrogens with two attached hydrogens (primary N) is 1. The van der Waals surface area contributed by atoms with E-state index in [1.165, 1.54) is 11.3 Å². The van der Waals surface area contributed by atoms with Crippen molar-refractivity contribution in [1.82, 2.24) is 9.88 Å². The average Bonchev–Trinajstić information content (AvgIpc) is 2.78. The van der Waals surface area contributed by atoms with E-state index in [1.807, 2.05) is 0 Å². The average molecular weight is 301 g/mol. The van der Waals surface area contributed by atoms with E-state index in [4.69, 9.17) is 23.1 Å². The van der Waals surface area contributed by atoms with Gasteiger partial charge in [-0.3, -0.25) is 14.5 Å². The van der Waals surface area contributed by atoms with Gasteiger partial charge in [0.05, 0.1) is 10.6 Å². The van der Waals surface area contributed by atoms with Crippen molar-refractivity contribution in [2.45, 2.75) is 0 Å². The fourth-order valence-corrected chi connectivity index (χ4v) is 3.03. The molecule has 6 nitrogen and oxygen atoms in total. The number of rotatable bonds is 3. The summed E-state index contributed by atoms with van der Waals surface area (Å²) < 4.78 is 0.233. The van der Waals surface area contributed by atoms with Gasteiger partial charge in [0.25, 0.3) is 5.91 Å². The molecule has 1 aromatic rings. The lowest BCUT2D eigenvalue weighted by molar-refractivity contribution is -0.140. The van der Waals surface area contributed by atoms with Gasteiger partial charge in [0.2, 0.25) is 0 Å². The summed E-state index contributed by atoms with van der Waals surface area (Å²) in [4.78, 5) is 27.9. The van der Waals surface area contributed by atoms with E-state index in [0.717, 1.165) is 16.7 Å². The van der Waals surface area contributed by atoms with Crippen LogP contribution in [-0.2, 0) is 9.59 Å². The summed E-state index contributed by atoms with van der Waals surface area (Å²) in [5, 5.41) is 10.8. The fraction of sp³-hybridized carbons (Fsp3) is 0.111. The van der Waals surface area contributed by atoms with Crippen molar-refractivity contribution >= 4 is 62.7 Å². The van der Waals surface area contributed by atoms with Crippen molar-refractivity contribution in [2.24, 2.45) is 0 Å². The maximum atomic E-state index is 11.9. The van der Waals surface area contributed by atoms with Gasteiger partial charge < -0.3 is 10.8 Å². The Hall–Kier alpha value is -1.45. The van der Waals surface area contributed by atoms with E-state index in [0.29, 0.717) is 15.7 Å². The van der Waals surface area contributed by atoms with E-state index in [-0.39, 0.29) is 4.32 Å². The molecular formula is C9H7N3O3S3. The summed E-state index contributed by atoms with van der Waals surface area (Å²) in [6.07, 6.45) is 1.55. The number of thiocarbonyl (C=S) groups is 1. The highest BCUT2D eigenvalue weighted by molar-refractivity contribution is 8.26. The van der Waals surface area contributed by atoms with E-state index in [1.54, 1.807) is 11.5 Å². The van der Waals surface area contributed by atoms with E-state index >= 15 is 0 Å². The molecule has 0 aliphatic carbocycles. The van der Waals surface area contributed by atoms with Crippen LogP contribution in [0.4, 0.5) is 5.13 Å². The summed E-state index contributed by atoms with van der Waals surface area (Å²) in [7, 11) is 0. The zero-order chi connectivity index (χ0) is 13.3. The Morgan fingerprint density at radius 1 is 1.67 bits per heavy atom. The number of thiazole rings is 1. The molecule has 0 bridgehead atoms. The predicted octanol–water partition coefficient (Wildman–Crippen LogP) is 1.01. The molecule has 2 heterocycles. The van der Waals surface area contributed by atoms with Crippen LogP contribution in [0.3, 0.4) is 0 Å². The van der Waals surface area contributed by atoms with Crippen molar-refractivity contribution in [3.8, 4) is 0 Å². The molecule has 0 aromatic carbocycles. The van der Waals surface area contributed by atoms with Gasteiger partial charge in [-0.2, -0.15) is 0 Å². The third-order valence-electron chi connectivity index (χ3n) is 1.99. The minimum Gasteiger partial charge on any atom is -0.480 e. The third kappa shape index (κ3) is 2.68. The molecule has 1 fully saturated rings. The second kappa shape index (κ2) is 5.04. The maximum absolute atomic E-state index is 11.9. The van der Waals surface area contributed by atoms with Gasteiger partial charge >= 0.3 is 5.97 Å². The zero-order valence-corrected chi connectivity index (χ0v) is 11.3. The maximum Gasteiger partial charge on any atom is 0.323 e. The first-order valence-corrected chi connectivity index (χ1v) is 6.76. The van der Waals surface area contributed by atoms with E-state index in [9.17, 15) is 9.59 Å². The minimum atomic E-state index is -1.11. The standard InChI is InChI=1S/C9H7N3O3S3/c10-8-11-4(3-17-8)1-5-7(15)12(2-6(13)14)9(16)18-5/h1,3H,2H2,(H2,10,11)(H,13,14)/b5-1+. The van der Waals surface area contributed by atoms with Crippen LogP contribution in [0.25, 0.3) is 6.08 Å². The molecule has 1 saturated heterocycles. The molecule has 0 spiro atoms. The molecule has 0 atom stereocenters. The number of nitrogen functional groups attached to an aromatic ring is 1. The van der Waals surface area contributed by atoms with Crippen LogP contribution >= 0.6 is 35.3 Å². The summed E-state index contributed by atoms with van der Waals surface area (Å²) in [5.41, 5.74) is 6.04. The van der Waals surface area contributed by atoms with Gasteiger partial charge in [0, 0.05) is 5.38 Å². The lowest BCUT2D eigenvalue weighted by Gasteiger charge is -2.09. The van der Waals surface area contributed by atoms with Gasteiger partial charge in [-0.1, -0.05) is 24.0 Å². The zero-order valence-electron chi connectivity index (χ0n) is 8.82. The molecule has 1 aliphatic heterocycles. The number of hydrogen-bond donors (Lipinski definition) is 2. The number of carboxylic acid groups (broad SMARTS) is 1. The summed E-state index contributed by atoms with van der Waals surface area (Å²) in [5.74, 6) is -1.52. The van der Waals surface area contributed by atoms with Crippen molar-refractivity contribution in [3.63, 3.8) is 0 Å². The normalized spacial score (nSPS) is 17.8. The molecule has 0 unspecified atom stereocenters. The molecule has 0 radical (unpaired) electrons. The Morgan fingerprint density at radius 2 is 2.39 bits per heavy atom. The number of thioether (sulfide) groups is 1. The highest BCUT2D eigenvalue weighted by atomic mass is 32.2. The van der Waals surface area contributed by atoms with E-state index in [2.05, 4.69) is 4.98 Å². The Labute approximate surface area is 115 Å². The monoisotopic (exact) mass is 301 g/mol. The largest absolute Gasteiger partial charge is 0.480 e. The van der Waals surface area contributed by atoms with Crippen molar-refractivity contribution < 1.29 is 14.7 Å². The lowest BCUT2D eigenvalue weighted by atomic mass is 10.3. The molecule has 1 aliphatic rings. The smallest absolute Gasteiger partial charge is 0.323 e. The first-order chi connectivity index (χ1) is 8.47. The topological polar surface area (TPSA) is 96.5 Å². The van der Waals surface area contributed by atoms with Gasteiger partial charge in [-0.25, -0.2) is 4.98 Å². The quantitative estimate of drug-likeness (QED) is 0.635. The highest BCUT2D eigenvalue weighted by Gasteiger charge is 2.33. The highest BCUT2D eigenvalue weighted by Crippen LogP contribution is 2.32. The van der Waals surface area contributed by atoms with Crippen molar-refractivity contribution in [1.29, 1.82) is 0 Å². The lowest BCUT2D eigenvalue weighted by Crippen LogP contribution is -2.33. The molecule has 1 aromatic heterocycles. The Balaban J connectivity index is 2.22. The molecular weight excluding hydrogens is 294 g/mol. The number of carbonyl (C=O) groups excluding carboxylic acids is 1. The number of carbonyl (C=O) groups is 2. The summed E-state index contributed by atoms with van der Waals surface area (Å²) in [6.45, 7) is -0.429. The molecule has 18 heavy (non-hydrogen) atoms. The molecule has 3 N–H and O–H groups in total. The number of amides is 1. The van der Waals surface area contributed by atoms with Gasteiger partial charge in [-0.05, 0) is 6.08 Å². The van der Waals surface area contributed by atoms with Crippen LogP contribution in [0.2, 0.25) is 0 Å². The van der Waals surface area contributed by atoms with Crippen LogP contribution in [-0.4, -0.2) is 37.7 Å². The molecule has 0 saturated carbocycles. The SMILES string of the molecule is Nc1nc(/C=C2/SC(=S)N(CC(=O)O)C2=O)cs1. The summed E-state index contributed by atoms with van der Waals surface area (Å²) >= 11 is 7.28. The second-order valence-electron chi connectivity index (χ2n) is 3.27. The Bertz CT molecular complexity index is 566. The first-order valence-electron chi connectivity index (χ1n) is 4.65. The number of hydrogen-bond acceptors (Lipinski definition) is 7. The van der Waals surface area contributed by atoms with Gasteiger partial charge in [0.15, 0.2) is 5.13 Å². The van der Waals surface area contributed by atoms with Crippen molar-refractivity contribution in [2.75, 3.05) is 12.3 Å². The number of aliphatic carboxylic acids is 1. The second-order valence-corrected chi connectivity index (χ2v) is 5.84. The van der Waals surface area contributed by atoms with Crippen molar-refractivity contribution in [3.05, 3.63) is 16.0 Å². The van der Waals surface area contributed by atoms with Gasteiger partial charge in [-0.15, -0.1) is 11.3 Å². The predicted molar refractivity (Wildman–Crippen MR) is 74.0 cm³/mol. The molecule has 2 rings (SSSR count). The van der Waals surface area contributed by atoms with Gasteiger partial charge in [0.1, 0.15) is 10.9 Å². The van der Waals surface area contributed by atoms with Crippen LogP contribution in [0.15, 0.2) is 10.3 Å². The van der Waals surface area contributed by atoms with Crippen LogP contribution in [0, 0.1) is 0 Å². The molecule has 9 heteroatoms.